The van der Waals surface area contributed by atoms with Crippen molar-refractivity contribution in [1.29, 1.82) is 0 Å². The molecule has 0 bridgehead atoms. The van der Waals surface area contributed by atoms with Crippen LogP contribution in [0.5, 0.6) is 0 Å². The lowest BCUT2D eigenvalue weighted by Crippen LogP contribution is -2.30. The number of hydrogen-bond donors (Lipinski definition) is 2. The third-order valence-corrected chi connectivity index (χ3v) is 2.84. The summed E-state index contributed by atoms with van der Waals surface area (Å²) in [5.41, 5.74) is 0. The Balaban J connectivity index is 1.70. The van der Waals surface area contributed by atoms with Gasteiger partial charge in [-0.1, -0.05) is 0 Å². The normalized spacial score (nSPS) is 9.88. The molecule has 2 heterocycles. The molecule has 0 fully saturated rings. The number of aromatic nitrogens is 3. The standard InChI is InChI=1S/C10H11N5S2/c16-9(15-10-14-6-7-17-10)13-5-2-8-11-3-1-4-12-8/h1,3-4,6-7H,2,5H2,(H2,13,14,15,16). The fourth-order valence-electron chi connectivity index (χ4n) is 1.17. The highest BCUT2D eigenvalue weighted by Crippen LogP contribution is 2.09. The lowest BCUT2D eigenvalue weighted by atomic mass is 10.4. The quantitative estimate of drug-likeness (QED) is 0.816. The minimum atomic E-state index is 0.566. The van der Waals surface area contributed by atoms with E-state index in [2.05, 4.69) is 25.6 Å². The second-order valence-corrected chi connectivity index (χ2v) is 4.44. The molecule has 2 aromatic heterocycles. The van der Waals surface area contributed by atoms with E-state index in [0.29, 0.717) is 11.7 Å². The van der Waals surface area contributed by atoms with E-state index in [1.165, 1.54) is 11.3 Å². The molecular weight excluding hydrogens is 254 g/mol. The summed E-state index contributed by atoms with van der Waals surface area (Å²) in [6.45, 7) is 0.696. The van der Waals surface area contributed by atoms with Gasteiger partial charge in [-0.25, -0.2) is 15.0 Å². The van der Waals surface area contributed by atoms with E-state index in [-0.39, 0.29) is 0 Å². The fraction of sp³-hybridized carbons (Fsp3) is 0.200. The van der Waals surface area contributed by atoms with Gasteiger partial charge in [0.15, 0.2) is 10.2 Å². The van der Waals surface area contributed by atoms with Crippen molar-refractivity contribution in [2.75, 3.05) is 11.9 Å². The maximum absolute atomic E-state index is 5.12. The molecule has 2 N–H and O–H groups in total. The summed E-state index contributed by atoms with van der Waals surface area (Å²) < 4.78 is 0. The van der Waals surface area contributed by atoms with Crippen LogP contribution in [0.1, 0.15) is 5.82 Å². The second kappa shape index (κ2) is 6.21. The van der Waals surface area contributed by atoms with Crippen molar-refractivity contribution in [2.45, 2.75) is 6.42 Å². The van der Waals surface area contributed by atoms with Crippen molar-refractivity contribution in [2.24, 2.45) is 0 Å². The third-order valence-electron chi connectivity index (χ3n) is 1.91. The molecule has 0 aliphatic rings. The summed E-state index contributed by atoms with van der Waals surface area (Å²) >= 11 is 6.63. The van der Waals surface area contributed by atoms with Crippen LogP contribution in [0.4, 0.5) is 5.13 Å². The Kier molecular flexibility index (Phi) is 4.34. The molecule has 17 heavy (non-hydrogen) atoms. The highest BCUT2D eigenvalue weighted by Gasteiger charge is 1.99. The summed E-state index contributed by atoms with van der Waals surface area (Å²) in [5.74, 6) is 0.803. The first kappa shape index (κ1) is 11.9. The molecule has 2 rings (SSSR count). The van der Waals surface area contributed by atoms with Crippen LogP contribution in [-0.4, -0.2) is 26.6 Å². The number of thiocarbonyl (C=S) groups is 1. The van der Waals surface area contributed by atoms with Crippen LogP contribution in [0.3, 0.4) is 0 Å². The van der Waals surface area contributed by atoms with Gasteiger partial charge in [0.1, 0.15) is 5.82 Å². The first-order valence-corrected chi connectivity index (χ1v) is 6.33. The van der Waals surface area contributed by atoms with Crippen molar-refractivity contribution < 1.29 is 0 Å². The summed E-state index contributed by atoms with van der Waals surface area (Å²) in [6, 6.07) is 1.80. The molecule has 0 saturated carbocycles. The maximum atomic E-state index is 5.12. The van der Waals surface area contributed by atoms with Gasteiger partial charge in [-0.3, -0.25) is 0 Å². The topological polar surface area (TPSA) is 62.7 Å². The molecule has 0 atom stereocenters. The van der Waals surface area contributed by atoms with Gasteiger partial charge in [0.25, 0.3) is 0 Å². The number of thiazole rings is 1. The summed E-state index contributed by atoms with van der Waals surface area (Å²) in [5, 5.41) is 9.32. The average molecular weight is 265 g/mol. The summed E-state index contributed by atoms with van der Waals surface area (Å²) in [6.07, 6.45) is 5.93. The minimum Gasteiger partial charge on any atom is -0.362 e. The molecular formula is C10H11N5S2. The predicted octanol–water partition coefficient (Wildman–Crippen LogP) is 1.46. The van der Waals surface area contributed by atoms with E-state index < -0.39 is 0 Å². The summed E-state index contributed by atoms with van der Waals surface area (Å²) in [4.78, 5) is 12.3. The number of anilines is 1. The Labute approximate surface area is 108 Å². The average Bonchev–Trinajstić information content (AvgIpc) is 2.83. The Morgan fingerprint density at radius 1 is 1.24 bits per heavy atom. The molecule has 0 aromatic carbocycles. The van der Waals surface area contributed by atoms with E-state index in [4.69, 9.17) is 12.2 Å². The van der Waals surface area contributed by atoms with Crippen molar-refractivity contribution in [3.63, 3.8) is 0 Å². The lowest BCUT2D eigenvalue weighted by Gasteiger charge is -2.07. The van der Waals surface area contributed by atoms with Gasteiger partial charge in [-0.2, -0.15) is 0 Å². The largest absolute Gasteiger partial charge is 0.362 e. The van der Waals surface area contributed by atoms with Crippen LogP contribution in [0, 0.1) is 0 Å². The SMILES string of the molecule is S=C(NCCc1ncccn1)Nc1nccs1. The Morgan fingerprint density at radius 3 is 2.76 bits per heavy atom. The lowest BCUT2D eigenvalue weighted by molar-refractivity contribution is 0.812. The van der Waals surface area contributed by atoms with Gasteiger partial charge in [0.2, 0.25) is 0 Å². The predicted molar refractivity (Wildman–Crippen MR) is 72.1 cm³/mol. The van der Waals surface area contributed by atoms with Crippen LogP contribution < -0.4 is 10.6 Å². The van der Waals surface area contributed by atoms with E-state index >= 15 is 0 Å². The molecule has 0 radical (unpaired) electrons. The Morgan fingerprint density at radius 2 is 2.06 bits per heavy atom. The summed E-state index contributed by atoms with van der Waals surface area (Å²) in [7, 11) is 0. The zero-order valence-electron chi connectivity index (χ0n) is 8.96. The van der Waals surface area contributed by atoms with E-state index in [1.54, 1.807) is 24.7 Å². The number of hydrogen-bond acceptors (Lipinski definition) is 5. The van der Waals surface area contributed by atoms with Crippen LogP contribution in [0.15, 0.2) is 30.0 Å². The third kappa shape index (κ3) is 4.04. The number of nitrogens with one attached hydrogen (secondary N) is 2. The molecule has 0 amide bonds. The molecule has 2 aromatic rings. The van der Waals surface area contributed by atoms with E-state index in [9.17, 15) is 0 Å². The van der Waals surface area contributed by atoms with Gasteiger partial charge >= 0.3 is 0 Å². The highest BCUT2D eigenvalue weighted by atomic mass is 32.1. The van der Waals surface area contributed by atoms with Crippen LogP contribution >= 0.6 is 23.6 Å². The molecule has 88 valence electrons. The Bertz CT molecular complexity index is 457. The number of rotatable bonds is 4. The Hall–Kier alpha value is -1.60. The molecule has 0 spiro atoms. The maximum Gasteiger partial charge on any atom is 0.188 e. The smallest absolute Gasteiger partial charge is 0.188 e. The molecule has 0 aliphatic carbocycles. The fourth-order valence-corrected chi connectivity index (χ4v) is 1.97. The number of nitrogens with zero attached hydrogens (tertiary/aromatic N) is 3. The van der Waals surface area contributed by atoms with Crippen molar-refractivity contribution >= 4 is 33.8 Å². The first-order valence-electron chi connectivity index (χ1n) is 5.05. The zero-order chi connectivity index (χ0) is 11.9. The van der Waals surface area contributed by atoms with Gasteiger partial charge in [0.05, 0.1) is 0 Å². The van der Waals surface area contributed by atoms with Crippen molar-refractivity contribution in [1.82, 2.24) is 20.3 Å². The van der Waals surface area contributed by atoms with Crippen LogP contribution in [-0.2, 0) is 6.42 Å². The van der Waals surface area contributed by atoms with Gasteiger partial charge < -0.3 is 10.6 Å². The van der Waals surface area contributed by atoms with E-state index in [1.807, 2.05) is 5.38 Å². The van der Waals surface area contributed by atoms with Gasteiger partial charge in [0, 0.05) is 36.9 Å². The molecule has 0 unspecified atom stereocenters. The van der Waals surface area contributed by atoms with Crippen LogP contribution in [0.25, 0.3) is 0 Å². The highest BCUT2D eigenvalue weighted by molar-refractivity contribution is 7.80. The molecule has 7 heteroatoms. The monoisotopic (exact) mass is 265 g/mol. The zero-order valence-corrected chi connectivity index (χ0v) is 10.6. The van der Waals surface area contributed by atoms with E-state index in [0.717, 1.165) is 17.4 Å². The van der Waals surface area contributed by atoms with Crippen molar-refractivity contribution in [3.05, 3.63) is 35.9 Å². The van der Waals surface area contributed by atoms with Crippen molar-refractivity contribution in [3.8, 4) is 0 Å². The minimum absolute atomic E-state index is 0.566. The molecule has 0 aliphatic heterocycles. The second-order valence-electron chi connectivity index (χ2n) is 3.13. The first-order chi connectivity index (χ1) is 8.34. The van der Waals surface area contributed by atoms with Crippen LogP contribution in [0.2, 0.25) is 0 Å². The van der Waals surface area contributed by atoms with Gasteiger partial charge in [-0.05, 0) is 18.3 Å². The van der Waals surface area contributed by atoms with Gasteiger partial charge in [-0.15, -0.1) is 11.3 Å². The molecule has 0 saturated heterocycles. The molecule has 5 nitrogen and oxygen atoms in total.